The Morgan fingerprint density at radius 3 is 1.65 bits per heavy atom. The molecule has 5 rings (SSSR count). The van der Waals surface area contributed by atoms with Crippen molar-refractivity contribution in [1.82, 2.24) is 0 Å². The normalized spacial score (nSPS) is 22.0. The van der Waals surface area contributed by atoms with Crippen LogP contribution in [0, 0.1) is 5.82 Å². The summed E-state index contributed by atoms with van der Waals surface area (Å²) < 4.78 is 18.1. The zero-order valence-electron chi connectivity index (χ0n) is 17.9. The van der Waals surface area contributed by atoms with E-state index in [0.717, 1.165) is 0 Å². The molecule has 1 N–H and O–H groups in total. The van der Waals surface area contributed by atoms with Gasteiger partial charge in [-0.15, -0.1) is 0 Å². The average Bonchev–Trinajstić information content (AvgIpc) is 2.81. The topological polar surface area (TPSA) is 29.5 Å². The van der Waals surface area contributed by atoms with Crippen molar-refractivity contribution in [3.63, 3.8) is 0 Å². The second-order valence-electron chi connectivity index (χ2n) is 8.81. The van der Waals surface area contributed by atoms with Crippen LogP contribution in [0.25, 0.3) is 0 Å². The number of aliphatic hydroxyl groups is 1. The van der Waals surface area contributed by atoms with Crippen molar-refractivity contribution in [3.8, 4) is 0 Å². The molecule has 1 saturated heterocycles. The van der Waals surface area contributed by atoms with Crippen molar-refractivity contribution < 1.29 is 14.2 Å². The van der Waals surface area contributed by atoms with Crippen LogP contribution in [0.2, 0.25) is 0 Å². The van der Waals surface area contributed by atoms with E-state index < -0.39 is 0 Å². The Hall–Kier alpha value is -2.49. The molecular weight excluding hydrogens is 387 g/mol. The fourth-order valence-electron chi connectivity index (χ4n) is 4.71. The molecule has 3 heteroatoms. The SMILES string of the molecule is Fc1ccc(C2CCC(c3ccccc3)CC2)cc1.OCC1(c2ccccc2)COC1. The van der Waals surface area contributed by atoms with Crippen molar-refractivity contribution in [1.29, 1.82) is 0 Å². The summed E-state index contributed by atoms with van der Waals surface area (Å²) in [5.41, 5.74) is 3.84. The molecule has 1 aliphatic carbocycles. The van der Waals surface area contributed by atoms with Gasteiger partial charge in [-0.1, -0.05) is 72.8 Å². The van der Waals surface area contributed by atoms with Gasteiger partial charge < -0.3 is 9.84 Å². The van der Waals surface area contributed by atoms with E-state index in [-0.39, 0.29) is 17.8 Å². The van der Waals surface area contributed by atoms with Crippen LogP contribution in [0.3, 0.4) is 0 Å². The van der Waals surface area contributed by atoms with E-state index in [9.17, 15) is 9.50 Å². The van der Waals surface area contributed by atoms with Gasteiger partial charge >= 0.3 is 0 Å². The Morgan fingerprint density at radius 2 is 1.19 bits per heavy atom. The second-order valence-corrected chi connectivity index (χ2v) is 8.81. The number of benzene rings is 3. The summed E-state index contributed by atoms with van der Waals surface area (Å²) in [6.45, 7) is 1.47. The van der Waals surface area contributed by atoms with Gasteiger partial charge in [0, 0.05) is 0 Å². The van der Waals surface area contributed by atoms with Crippen molar-refractivity contribution >= 4 is 0 Å². The van der Waals surface area contributed by atoms with E-state index in [2.05, 4.69) is 30.3 Å². The molecule has 2 fully saturated rings. The van der Waals surface area contributed by atoms with Crippen molar-refractivity contribution in [2.75, 3.05) is 19.8 Å². The van der Waals surface area contributed by atoms with Gasteiger partial charge in [-0.05, 0) is 66.3 Å². The molecule has 0 atom stereocenters. The zero-order valence-corrected chi connectivity index (χ0v) is 17.9. The van der Waals surface area contributed by atoms with Crippen LogP contribution >= 0.6 is 0 Å². The number of hydrogen-bond donors (Lipinski definition) is 1. The van der Waals surface area contributed by atoms with Crippen molar-refractivity contribution in [2.24, 2.45) is 0 Å². The summed E-state index contributed by atoms with van der Waals surface area (Å²) in [6, 6.07) is 27.9. The lowest BCUT2D eigenvalue weighted by atomic mass is 9.76. The lowest BCUT2D eigenvalue weighted by Gasteiger charge is -2.40. The van der Waals surface area contributed by atoms with Gasteiger partial charge in [0.2, 0.25) is 0 Å². The van der Waals surface area contributed by atoms with Gasteiger partial charge in [-0.25, -0.2) is 4.39 Å². The highest BCUT2D eigenvalue weighted by Crippen LogP contribution is 2.40. The van der Waals surface area contributed by atoms with Crippen LogP contribution in [-0.2, 0) is 10.2 Å². The van der Waals surface area contributed by atoms with Crippen molar-refractivity contribution in [2.45, 2.75) is 42.9 Å². The maximum Gasteiger partial charge on any atom is 0.123 e. The van der Waals surface area contributed by atoms with Crippen LogP contribution < -0.4 is 0 Å². The number of hydrogen-bond acceptors (Lipinski definition) is 2. The summed E-state index contributed by atoms with van der Waals surface area (Å²) in [6.07, 6.45) is 4.91. The molecule has 2 nitrogen and oxygen atoms in total. The van der Waals surface area contributed by atoms with Gasteiger partial charge in [0.1, 0.15) is 5.82 Å². The maximum atomic E-state index is 12.9. The molecular formula is C28H31FO2. The van der Waals surface area contributed by atoms with Crippen LogP contribution in [-0.4, -0.2) is 24.9 Å². The van der Waals surface area contributed by atoms with Crippen LogP contribution in [0.1, 0.15) is 54.2 Å². The van der Waals surface area contributed by atoms with Crippen LogP contribution in [0.5, 0.6) is 0 Å². The lowest BCUT2D eigenvalue weighted by Crippen LogP contribution is -2.49. The Labute approximate surface area is 184 Å². The molecule has 1 aliphatic heterocycles. The molecule has 2 aliphatic rings. The third kappa shape index (κ3) is 5.23. The third-order valence-corrected chi connectivity index (χ3v) is 6.79. The second kappa shape index (κ2) is 10.2. The van der Waals surface area contributed by atoms with E-state index >= 15 is 0 Å². The molecule has 0 radical (unpaired) electrons. The Morgan fingerprint density at radius 1 is 0.710 bits per heavy atom. The highest BCUT2D eigenvalue weighted by molar-refractivity contribution is 5.28. The predicted octanol–water partition coefficient (Wildman–Crippen LogP) is 6.21. The molecule has 31 heavy (non-hydrogen) atoms. The molecule has 162 valence electrons. The van der Waals surface area contributed by atoms with E-state index in [1.807, 2.05) is 42.5 Å². The lowest BCUT2D eigenvalue weighted by molar-refractivity contribution is -0.0841. The molecule has 3 aromatic rings. The van der Waals surface area contributed by atoms with Crippen LogP contribution in [0.4, 0.5) is 4.39 Å². The maximum absolute atomic E-state index is 12.9. The molecule has 0 bridgehead atoms. The summed E-state index contributed by atoms with van der Waals surface area (Å²) in [5, 5.41) is 9.21. The van der Waals surface area contributed by atoms with Gasteiger partial charge in [0.15, 0.2) is 0 Å². The Balaban J connectivity index is 0.000000166. The predicted molar refractivity (Wildman–Crippen MR) is 123 cm³/mol. The summed E-state index contributed by atoms with van der Waals surface area (Å²) in [4.78, 5) is 0. The number of aliphatic hydroxyl groups excluding tert-OH is 1. The highest BCUT2D eigenvalue weighted by Gasteiger charge is 2.39. The minimum atomic E-state index is -0.137. The summed E-state index contributed by atoms with van der Waals surface area (Å²) >= 11 is 0. The molecule has 1 saturated carbocycles. The average molecular weight is 419 g/mol. The Kier molecular flexibility index (Phi) is 7.16. The summed E-state index contributed by atoms with van der Waals surface area (Å²) in [5.74, 6) is 1.18. The summed E-state index contributed by atoms with van der Waals surface area (Å²) in [7, 11) is 0. The molecule has 1 heterocycles. The van der Waals surface area contributed by atoms with Crippen molar-refractivity contribution in [3.05, 3.63) is 107 Å². The number of rotatable bonds is 4. The first-order valence-corrected chi connectivity index (χ1v) is 11.2. The fraction of sp³-hybridized carbons (Fsp3) is 0.357. The quantitative estimate of drug-likeness (QED) is 0.545. The molecule has 0 aromatic heterocycles. The van der Waals surface area contributed by atoms with Crippen LogP contribution in [0.15, 0.2) is 84.9 Å². The molecule has 0 spiro atoms. The largest absolute Gasteiger partial charge is 0.395 e. The first kappa shape index (κ1) is 21.7. The van der Waals surface area contributed by atoms with E-state index in [1.165, 1.54) is 42.4 Å². The van der Waals surface area contributed by atoms with E-state index in [1.54, 1.807) is 12.1 Å². The minimum absolute atomic E-state index is 0.110. The third-order valence-electron chi connectivity index (χ3n) is 6.79. The van der Waals surface area contributed by atoms with Gasteiger partial charge in [0.05, 0.1) is 25.2 Å². The minimum Gasteiger partial charge on any atom is -0.395 e. The zero-order chi connectivity index (χ0) is 21.5. The van der Waals surface area contributed by atoms with Gasteiger partial charge in [0.25, 0.3) is 0 Å². The van der Waals surface area contributed by atoms with E-state index in [0.29, 0.717) is 25.0 Å². The standard InChI is InChI=1S/C18H19F.C10H12O2/c19-18-12-10-17(11-13-18)16-8-6-15(7-9-16)14-4-2-1-3-5-14;11-6-10(7-12-8-10)9-4-2-1-3-5-9/h1-5,10-13,15-16H,6-9H2;1-5,11H,6-8H2. The smallest absolute Gasteiger partial charge is 0.123 e. The Bertz CT molecular complexity index is 907. The van der Waals surface area contributed by atoms with E-state index in [4.69, 9.17) is 4.74 Å². The first-order chi connectivity index (χ1) is 15.2. The molecule has 3 aromatic carbocycles. The molecule has 0 unspecified atom stereocenters. The molecule has 0 amide bonds. The van der Waals surface area contributed by atoms with Gasteiger partial charge in [-0.3, -0.25) is 0 Å². The fourth-order valence-corrected chi connectivity index (χ4v) is 4.71. The number of halogens is 1. The monoisotopic (exact) mass is 418 g/mol. The van der Waals surface area contributed by atoms with Gasteiger partial charge in [-0.2, -0.15) is 0 Å². The number of ether oxygens (including phenoxy) is 1. The first-order valence-electron chi connectivity index (χ1n) is 11.2. The highest BCUT2D eigenvalue weighted by atomic mass is 19.1.